The molecular weight excluding hydrogens is 254 g/mol. The molecule has 4 nitrogen and oxygen atoms in total. The standard InChI is InChI=1S/C16H31NO3/c1-18-10-11-20-13-12-19-9-8-16(6-2-3-7-16)14-17-15-4-5-15/h15,17H,2-14H2,1H3. The van der Waals surface area contributed by atoms with Crippen molar-refractivity contribution in [2.24, 2.45) is 5.41 Å². The maximum absolute atomic E-state index is 5.73. The number of methoxy groups -OCH3 is 1. The van der Waals surface area contributed by atoms with Crippen molar-refractivity contribution in [3.05, 3.63) is 0 Å². The summed E-state index contributed by atoms with van der Waals surface area (Å²) in [5.74, 6) is 0. The molecule has 118 valence electrons. The largest absolute Gasteiger partial charge is 0.382 e. The predicted octanol–water partition coefficient (Wildman–Crippen LogP) is 2.37. The lowest BCUT2D eigenvalue weighted by Gasteiger charge is -2.29. The van der Waals surface area contributed by atoms with E-state index in [1.54, 1.807) is 7.11 Å². The first-order valence-electron chi connectivity index (χ1n) is 8.22. The summed E-state index contributed by atoms with van der Waals surface area (Å²) in [6.45, 7) is 4.78. The lowest BCUT2D eigenvalue weighted by atomic mass is 9.83. The Morgan fingerprint density at radius 1 is 0.950 bits per heavy atom. The van der Waals surface area contributed by atoms with Crippen molar-refractivity contribution in [2.75, 3.05) is 46.7 Å². The van der Waals surface area contributed by atoms with Gasteiger partial charge < -0.3 is 19.5 Å². The highest BCUT2D eigenvalue weighted by Gasteiger charge is 2.35. The van der Waals surface area contributed by atoms with Gasteiger partial charge in [0.15, 0.2) is 0 Å². The van der Waals surface area contributed by atoms with E-state index in [-0.39, 0.29) is 0 Å². The Labute approximate surface area is 123 Å². The molecule has 0 aromatic carbocycles. The fourth-order valence-corrected chi connectivity index (χ4v) is 3.04. The second kappa shape index (κ2) is 8.98. The van der Waals surface area contributed by atoms with Gasteiger partial charge in [0.05, 0.1) is 26.4 Å². The second-order valence-electron chi connectivity index (χ2n) is 6.33. The number of nitrogens with one attached hydrogen (secondary N) is 1. The van der Waals surface area contributed by atoms with Crippen LogP contribution in [0.4, 0.5) is 0 Å². The van der Waals surface area contributed by atoms with Crippen LogP contribution in [-0.4, -0.2) is 52.7 Å². The van der Waals surface area contributed by atoms with Gasteiger partial charge in [-0.05, 0) is 37.5 Å². The zero-order valence-corrected chi connectivity index (χ0v) is 13.0. The van der Waals surface area contributed by atoms with Gasteiger partial charge in [-0.1, -0.05) is 12.8 Å². The van der Waals surface area contributed by atoms with E-state index in [0.717, 1.165) is 12.6 Å². The Morgan fingerprint density at radius 3 is 2.25 bits per heavy atom. The van der Waals surface area contributed by atoms with Crippen molar-refractivity contribution in [1.29, 1.82) is 0 Å². The van der Waals surface area contributed by atoms with Gasteiger partial charge in [-0.25, -0.2) is 0 Å². The van der Waals surface area contributed by atoms with E-state index in [4.69, 9.17) is 14.2 Å². The molecule has 0 amide bonds. The molecule has 0 unspecified atom stereocenters. The predicted molar refractivity (Wildman–Crippen MR) is 80.1 cm³/mol. The highest BCUT2D eigenvalue weighted by atomic mass is 16.5. The molecule has 2 rings (SSSR count). The minimum atomic E-state index is 0.513. The molecule has 0 bridgehead atoms. The van der Waals surface area contributed by atoms with Gasteiger partial charge in [-0.15, -0.1) is 0 Å². The first-order chi connectivity index (χ1) is 9.85. The lowest BCUT2D eigenvalue weighted by molar-refractivity contribution is 0.0166. The number of hydrogen-bond donors (Lipinski definition) is 1. The summed E-state index contributed by atoms with van der Waals surface area (Å²) < 4.78 is 16.1. The maximum atomic E-state index is 5.73. The summed E-state index contributed by atoms with van der Waals surface area (Å²) in [5.41, 5.74) is 0.513. The Hall–Kier alpha value is -0.160. The van der Waals surface area contributed by atoms with E-state index < -0.39 is 0 Å². The molecule has 0 heterocycles. The van der Waals surface area contributed by atoms with Crippen molar-refractivity contribution in [3.63, 3.8) is 0 Å². The average molecular weight is 285 g/mol. The van der Waals surface area contributed by atoms with E-state index >= 15 is 0 Å². The van der Waals surface area contributed by atoms with Gasteiger partial charge >= 0.3 is 0 Å². The molecule has 2 saturated carbocycles. The zero-order valence-electron chi connectivity index (χ0n) is 13.0. The van der Waals surface area contributed by atoms with E-state index in [0.29, 0.717) is 31.8 Å². The van der Waals surface area contributed by atoms with Crippen LogP contribution in [0.25, 0.3) is 0 Å². The SMILES string of the molecule is COCCOCCOCCC1(CNC2CC2)CCCC1. The molecule has 0 aromatic heterocycles. The molecule has 2 aliphatic carbocycles. The van der Waals surface area contributed by atoms with Gasteiger partial charge in [0, 0.05) is 26.3 Å². The van der Waals surface area contributed by atoms with E-state index in [1.165, 1.54) is 51.5 Å². The first kappa shape index (κ1) is 16.2. The Kier molecular flexibility index (Phi) is 7.28. The highest BCUT2D eigenvalue weighted by molar-refractivity contribution is 4.90. The molecule has 0 saturated heterocycles. The fourth-order valence-electron chi connectivity index (χ4n) is 3.04. The van der Waals surface area contributed by atoms with Gasteiger partial charge in [0.1, 0.15) is 0 Å². The van der Waals surface area contributed by atoms with Crippen LogP contribution in [0.15, 0.2) is 0 Å². The summed E-state index contributed by atoms with van der Waals surface area (Å²) in [6, 6.07) is 0.822. The second-order valence-corrected chi connectivity index (χ2v) is 6.33. The third-order valence-corrected chi connectivity index (χ3v) is 4.59. The van der Waals surface area contributed by atoms with E-state index in [1.807, 2.05) is 0 Å². The molecule has 0 radical (unpaired) electrons. The van der Waals surface area contributed by atoms with Crippen LogP contribution >= 0.6 is 0 Å². The molecule has 20 heavy (non-hydrogen) atoms. The molecule has 0 aromatic rings. The van der Waals surface area contributed by atoms with Crippen molar-refractivity contribution < 1.29 is 14.2 Å². The first-order valence-corrected chi connectivity index (χ1v) is 8.22. The van der Waals surface area contributed by atoms with Gasteiger partial charge in [0.25, 0.3) is 0 Å². The van der Waals surface area contributed by atoms with Crippen molar-refractivity contribution in [2.45, 2.75) is 51.0 Å². The molecule has 0 spiro atoms. The lowest BCUT2D eigenvalue weighted by Crippen LogP contribution is -2.34. The minimum Gasteiger partial charge on any atom is -0.382 e. The molecule has 4 heteroatoms. The van der Waals surface area contributed by atoms with Crippen LogP contribution in [0.1, 0.15) is 44.9 Å². The van der Waals surface area contributed by atoms with Crippen LogP contribution in [0.3, 0.4) is 0 Å². The fraction of sp³-hybridized carbons (Fsp3) is 1.00. The molecule has 0 atom stereocenters. The normalized spacial score (nSPS) is 21.4. The minimum absolute atomic E-state index is 0.513. The molecule has 2 aliphatic rings. The molecular formula is C16H31NO3. The third kappa shape index (κ3) is 6.08. The van der Waals surface area contributed by atoms with Crippen LogP contribution in [0, 0.1) is 5.41 Å². The smallest absolute Gasteiger partial charge is 0.0701 e. The Bertz CT molecular complexity index is 250. The quantitative estimate of drug-likeness (QED) is 0.559. The number of rotatable bonds is 12. The van der Waals surface area contributed by atoms with Crippen LogP contribution in [-0.2, 0) is 14.2 Å². The van der Waals surface area contributed by atoms with Crippen LogP contribution in [0.2, 0.25) is 0 Å². The topological polar surface area (TPSA) is 39.7 Å². The summed E-state index contributed by atoms with van der Waals surface area (Å²) in [4.78, 5) is 0. The molecule has 2 fully saturated rings. The third-order valence-electron chi connectivity index (χ3n) is 4.59. The average Bonchev–Trinajstić information content (AvgIpc) is 3.19. The van der Waals surface area contributed by atoms with Crippen molar-refractivity contribution >= 4 is 0 Å². The molecule has 0 aliphatic heterocycles. The van der Waals surface area contributed by atoms with Crippen molar-refractivity contribution in [3.8, 4) is 0 Å². The highest BCUT2D eigenvalue weighted by Crippen LogP contribution is 2.41. The monoisotopic (exact) mass is 285 g/mol. The Balaban J connectivity index is 1.51. The van der Waals surface area contributed by atoms with E-state index in [9.17, 15) is 0 Å². The number of hydrogen-bond acceptors (Lipinski definition) is 4. The van der Waals surface area contributed by atoms with E-state index in [2.05, 4.69) is 5.32 Å². The maximum Gasteiger partial charge on any atom is 0.0701 e. The van der Waals surface area contributed by atoms with Crippen LogP contribution < -0.4 is 5.32 Å². The summed E-state index contributed by atoms with van der Waals surface area (Å²) in [6.07, 6.45) is 9.50. The summed E-state index contributed by atoms with van der Waals surface area (Å²) >= 11 is 0. The van der Waals surface area contributed by atoms with Crippen LogP contribution in [0.5, 0.6) is 0 Å². The summed E-state index contributed by atoms with van der Waals surface area (Å²) in [7, 11) is 1.69. The van der Waals surface area contributed by atoms with Gasteiger partial charge in [-0.2, -0.15) is 0 Å². The van der Waals surface area contributed by atoms with Crippen molar-refractivity contribution in [1.82, 2.24) is 5.32 Å². The number of ether oxygens (including phenoxy) is 3. The van der Waals surface area contributed by atoms with Gasteiger partial charge in [0.2, 0.25) is 0 Å². The molecule has 1 N–H and O–H groups in total. The zero-order chi connectivity index (χ0) is 14.1. The Morgan fingerprint density at radius 2 is 1.60 bits per heavy atom. The van der Waals surface area contributed by atoms with Gasteiger partial charge in [-0.3, -0.25) is 0 Å². The summed E-state index contributed by atoms with van der Waals surface area (Å²) in [5, 5.41) is 3.72.